The first-order valence-electron chi connectivity index (χ1n) is 13.6. The smallest absolute Gasteiger partial charge is 0.133 e. The first kappa shape index (κ1) is 25.7. The summed E-state index contributed by atoms with van der Waals surface area (Å²) in [6, 6.07) is 21.6. The normalized spacial score (nSPS) is 14.8. The van der Waals surface area contributed by atoms with Crippen molar-refractivity contribution in [3.8, 4) is 22.6 Å². The van der Waals surface area contributed by atoms with E-state index in [1.165, 1.54) is 57.5 Å². The molecule has 192 valence electrons. The van der Waals surface area contributed by atoms with Crippen LogP contribution >= 0.6 is 11.8 Å². The molecular weight excluding hydrogens is 472 g/mol. The van der Waals surface area contributed by atoms with Crippen molar-refractivity contribution in [2.45, 2.75) is 76.0 Å². The van der Waals surface area contributed by atoms with Gasteiger partial charge < -0.3 is 9.84 Å². The molecule has 0 aromatic heterocycles. The van der Waals surface area contributed by atoms with Crippen molar-refractivity contribution < 1.29 is 9.84 Å². The number of hydrogen-bond donors (Lipinski definition) is 1. The molecule has 0 bridgehead atoms. The monoisotopic (exact) mass is 510 g/mol. The van der Waals surface area contributed by atoms with Crippen LogP contribution in [0.2, 0.25) is 0 Å². The predicted octanol–water partition coefficient (Wildman–Crippen LogP) is 9.67. The first-order chi connectivity index (χ1) is 17.9. The lowest BCUT2D eigenvalue weighted by molar-refractivity contribution is 0.219. The summed E-state index contributed by atoms with van der Waals surface area (Å²) in [6.45, 7) is 9.01. The first-order valence-corrected chi connectivity index (χ1v) is 14.4. The summed E-state index contributed by atoms with van der Waals surface area (Å²) in [5.41, 5.74) is 8.09. The lowest BCUT2D eigenvalue weighted by Crippen LogP contribution is -2.20. The Balaban J connectivity index is 1.78. The van der Waals surface area contributed by atoms with Crippen molar-refractivity contribution in [2.75, 3.05) is 7.11 Å². The van der Waals surface area contributed by atoms with Gasteiger partial charge in [0.25, 0.3) is 0 Å². The molecule has 0 heterocycles. The Hall–Kier alpha value is -2.91. The van der Waals surface area contributed by atoms with E-state index in [4.69, 9.17) is 4.74 Å². The summed E-state index contributed by atoms with van der Waals surface area (Å²) >= 11 is 1.76. The molecule has 0 saturated carbocycles. The largest absolute Gasteiger partial charge is 0.507 e. The van der Waals surface area contributed by atoms with Crippen molar-refractivity contribution in [3.63, 3.8) is 0 Å². The number of benzene rings is 4. The highest BCUT2D eigenvalue weighted by Gasteiger charge is 2.29. The van der Waals surface area contributed by atoms with Crippen molar-refractivity contribution in [1.29, 1.82) is 0 Å². The second-order valence-electron chi connectivity index (χ2n) is 10.7. The van der Waals surface area contributed by atoms with E-state index in [-0.39, 0.29) is 0 Å². The van der Waals surface area contributed by atoms with E-state index >= 15 is 0 Å². The van der Waals surface area contributed by atoms with Gasteiger partial charge in [-0.3, -0.25) is 0 Å². The van der Waals surface area contributed by atoms with Gasteiger partial charge in [-0.2, -0.15) is 0 Å². The van der Waals surface area contributed by atoms with Crippen molar-refractivity contribution in [1.82, 2.24) is 0 Å². The molecule has 0 atom stereocenters. The van der Waals surface area contributed by atoms with Crippen LogP contribution in [0, 0.1) is 19.3 Å². The minimum Gasteiger partial charge on any atom is -0.507 e. The number of fused-ring (bicyclic) bond motifs is 5. The highest BCUT2D eigenvalue weighted by molar-refractivity contribution is 7.99. The lowest BCUT2D eigenvalue weighted by Gasteiger charge is -2.32. The highest BCUT2D eigenvalue weighted by Crippen LogP contribution is 2.48. The number of phenols is 1. The molecule has 1 aliphatic rings. The van der Waals surface area contributed by atoms with Crippen LogP contribution < -0.4 is 4.74 Å². The van der Waals surface area contributed by atoms with Gasteiger partial charge in [0.05, 0.1) is 12.0 Å². The van der Waals surface area contributed by atoms with Gasteiger partial charge in [-0.25, -0.2) is 0 Å². The number of rotatable bonds is 5. The molecule has 0 amide bonds. The molecule has 0 spiro atoms. The second kappa shape index (κ2) is 10.5. The maximum absolute atomic E-state index is 11.3. The second-order valence-corrected chi connectivity index (χ2v) is 11.7. The molecule has 4 aromatic carbocycles. The van der Waals surface area contributed by atoms with Gasteiger partial charge in [-0.15, -0.1) is 0 Å². The fourth-order valence-corrected chi connectivity index (χ4v) is 7.25. The summed E-state index contributed by atoms with van der Waals surface area (Å²) in [5, 5.41) is 13.2. The Labute approximate surface area is 226 Å². The molecule has 4 aromatic rings. The van der Waals surface area contributed by atoms with Crippen LogP contribution in [0.4, 0.5) is 0 Å². The number of methoxy groups -OCH3 is 1. The Morgan fingerprint density at radius 3 is 2.19 bits per heavy atom. The third-order valence-corrected chi connectivity index (χ3v) is 10.1. The van der Waals surface area contributed by atoms with Crippen molar-refractivity contribution >= 4 is 22.5 Å². The molecule has 0 saturated heterocycles. The molecule has 5 rings (SSSR count). The molecule has 0 aliphatic heterocycles. The number of aromatic hydroxyl groups is 1. The molecule has 0 radical (unpaired) electrons. The number of phenolic OH excluding ortho intramolecular Hbond substituents is 1. The fourth-order valence-electron chi connectivity index (χ4n) is 6.16. The standard InChI is InChI=1S/C34H38O2S/c1-6-34(7-2)17-15-24-13-8-9-14-26(24)32-25(16-18-34)19-29(35)27-20-30(36-5)31(21-28(27)32)37-33-22(3)11-10-12-23(33)4/h8-14,19-21,35H,6-7,15-18H2,1-5H3. The number of aryl methyl sites for hydroxylation is 4. The molecule has 0 unspecified atom stereocenters. The van der Waals surface area contributed by atoms with Crippen LogP contribution in [-0.2, 0) is 12.8 Å². The van der Waals surface area contributed by atoms with E-state index in [2.05, 4.69) is 76.2 Å². The van der Waals surface area contributed by atoms with Crippen LogP contribution in [0.3, 0.4) is 0 Å². The van der Waals surface area contributed by atoms with Crippen LogP contribution in [0.5, 0.6) is 11.5 Å². The zero-order chi connectivity index (χ0) is 26.2. The molecule has 3 heteroatoms. The quantitative estimate of drug-likeness (QED) is 0.290. The molecule has 0 fully saturated rings. The number of hydrogen-bond acceptors (Lipinski definition) is 3. The van der Waals surface area contributed by atoms with Gasteiger partial charge in [-0.1, -0.05) is 80.9 Å². The van der Waals surface area contributed by atoms with Crippen LogP contribution in [0.25, 0.3) is 21.9 Å². The SMILES string of the molecule is CCC1(CC)CCc2ccccc2-c2c(cc(O)c3cc(OC)c(Sc4c(C)cccc4C)cc23)CC1. The van der Waals surface area contributed by atoms with Crippen molar-refractivity contribution in [2.24, 2.45) is 5.41 Å². The number of ether oxygens (including phenoxy) is 1. The summed E-state index contributed by atoms with van der Waals surface area (Å²) in [7, 11) is 1.72. The maximum atomic E-state index is 11.3. The van der Waals surface area contributed by atoms with Gasteiger partial charge in [-0.05, 0) is 102 Å². The van der Waals surface area contributed by atoms with Crippen LogP contribution in [0.1, 0.15) is 61.8 Å². The molecular formula is C34H38O2S. The molecule has 1 aliphatic carbocycles. The fraction of sp³-hybridized carbons (Fsp3) is 0.353. The predicted molar refractivity (Wildman–Crippen MR) is 157 cm³/mol. The minimum atomic E-state index is 0.336. The topological polar surface area (TPSA) is 29.5 Å². The molecule has 2 nitrogen and oxygen atoms in total. The summed E-state index contributed by atoms with van der Waals surface area (Å²) in [5.74, 6) is 1.13. The Morgan fingerprint density at radius 2 is 1.51 bits per heavy atom. The zero-order valence-corrected chi connectivity index (χ0v) is 23.6. The van der Waals surface area contributed by atoms with E-state index in [0.29, 0.717) is 11.2 Å². The van der Waals surface area contributed by atoms with Gasteiger partial charge >= 0.3 is 0 Å². The van der Waals surface area contributed by atoms with Crippen LogP contribution in [-0.4, -0.2) is 12.2 Å². The highest BCUT2D eigenvalue weighted by atomic mass is 32.2. The Kier molecular flexibility index (Phi) is 7.27. The van der Waals surface area contributed by atoms with E-state index in [1.54, 1.807) is 18.9 Å². The van der Waals surface area contributed by atoms with E-state index in [0.717, 1.165) is 40.7 Å². The maximum Gasteiger partial charge on any atom is 0.133 e. The Bertz CT molecular complexity index is 1430. The van der Waals surface area contributed by atoms with E-state index in [9.17, 15) is 5.11 Å². The average Bonchev–Trinajstić information content (AvgIpc) is 2.97. The van der Waals surface area contributed by atoms with Gasteiger partial charge in [0, 0.05) is 10.3 Å². The van der Waals surface area contributed by atoms with Gasteiger partial charge in [0.1, 0.15) is 11.5 Å². The van der Waals surface area contributed by atoms with E-state index in [1.807, 2.05) is 12.1 Å². The Morgan fingerprint density at radius 1 is 0.838 bits per heavy atom. The van der Waals surface area contributed by atoms with E-state index < -0.39 is 0 Å². The minimum absolute atomic E-state index is 0.336. The van der Waals surface area contributed by atoms with Gasteiger partial charge in [0.15, 0.2) is 0 Å². The third kappa shape index (κ3) is 4.75. The molecule has 37 heavy (non-hydrogen) atoms. The zero-order valence-electron chi connectivity index (χ0n) is 22.8. The third-order valence-electron chi connectivity index (χ3n) is 8.74. The summed E-state index contributed by atoms with van der Waals surface area (Å²) < 4.78 is 5.86. The van der Waals surface area contributed by atoms with Crippen molar-refractivity contribution in [3.05, 3.63) is 82.9 Å². The van der Waals surface area contributed by atoms with Crippen LogP contribution in [0.15, 0.2) is 70.5 Å². The van der Waals surface area contributed by atoms with Gasteiger partial charge in [0.2, 0.25) is 0 Å². The summed E-state index contributed by atoms with van der Waals surface area (Å²) in [4.78, 5) is 2.34. The summed E-state index contributed by atoms with van der Waals surface area (Å²) in [6.07, 6.45) is 6.78. The molecule has 1 N–H and O–H groups in total. The average molecular weight is 511 g/mol. The lowest BCUT2D eigenvalue weighted by atomic mass is 9.74.